The van der Waals surface area contributed by atoms with E-state index in [1.165, 1.54) is 21.3 Å². The van der Waals surface area contributed by atoms with Crippen molar-refractivity contribution in [2.75, 3.05) is 21.3 Å². The Morgan fingerprint density at radius 3 is 2.00 bits per heavy atom. The molecule has 0 unspecified atom stereocenters. The highest BCUT2D eigenvalue weighted by molar-refractivity contribution is 6.68. The predicted octanol–water partition coefficient (Wildman–Crippen LogP) is 2.09. The van der Waals surface area contributed by atoms with E-state index in [0.717, 1.165) is 0 Å². The SMILES string of the molecule is COc1ccc(OC)c(C(=O)Cl)c1OC. The minimum atomic E-state index is -0.650. The van der Waals surface area contributed by atoms with Crippen molar-refractivity contribution in [2.24, 2.45) is 0 Å². The molecular weight excluding hydrogens is 220 g/mol. The van der Waals surface area contributed by atoms with Crippen molar-refractivity contribution in [1.29, 1.82) is 0 Å². The third kappa shape index (κ3) is 2.15. The molecule has 0 radical (unpaired) electrons. The van der Waals surface area contributed by atoms with Crippen LogP contribution in [0.1, 0.15) is 10.4 Å². The van der Waals surface area contributed by atoms with Crippen LogP contribution in [0.3, 0.4) is 0 Å². The third-order valence-corrected chi connectivity index (χ3v) is 2.11. The molecule has 0 heterocycles. The van der Waals surface area contributed by atoms with Gasteiger partial charge in [-0.25, -0.2) is 0 Å². The van der Waals surface area contributed by atoms with E-state index in [4.69, 9.17) is 25.8 Å². The molecule has 0 saturated heterocycles. The van der Waals surface area contributed by atoms with Crippen LogP contribution in [0.15, 0.2) is 12.1 Å². The van der Waals surface area contributed by atoms with Crippen molar-refractivity contribution >= 4 is 16.8 Å². The Balaban J connectivity index is 3.44. The van der Waals surface area contributed by atoms with Crippen molar-refractivity contribution in [3.8, 4) is 17.2 Å². The second kappa shape index (κ2) is 4.89. The molecule has 0 N–H and O–H groups in total. The highest BCUT2D eigenvalue weighted by Crippen LogP contribution is 2.38. The first kappa shape index (κ1) is 11.7. The van der Waals surface area contributed by atoms with Crippen LogP contribution in [0.4, 0.5) is 0 Å². The summed E-state index contributed by atoms with van der Waals surface area (Å²) in [5, 5.41) is -0.650. The fraction of sp³-hybridized carbons (Fsp3) is 0.300. The molecule has 0 fully saturated rings. The van der Waals surface area contributed by atoms with Crippen LogP contribution in [0.25, 0.3) is 0 Å². The second-order valence-electron chi connectivity index (χ2n) is 2.65. The molecule has 5 heteroatoms. The average molecular weight is 231 g/mol. The van der Waals surface area contributed by atoms with Gasteiger partial charge in [0.25, 0.3) is 5.24 Å². The molecule has 0 amide bonds. The number of carbonyl (C=O) groups is 1. The minimum absolute atomic E-state index is 0.168. The number of carbonyl (C=O) groups excluding carboxylic acids is 1. The highest BCUT2D eigenvalue weighted by Gasteiger charge is 2.20. The molecule has 0 aliphatic rings. The molecule has 0 atom stereocenters. The van der Waals surface area contributed by atoms with E-state index >= 15 is 0 Å². The second-order valence-corrected chi connectivity index (χ2v) is 3.00. The summed E-state index contributed by atoms with van der Waals surface area (Å²) >= 11 is 5.45. The lowest BCUT2D eigenvalue weighted by molar-refractivity contribution is 0.107. The lowest BCUT2D eigenvalue weighted by atomic mass is 10.2. The molecular formula is C10H11ClO4. The van der Waals surface area contributed by atoms with E-state index < -0.39 is 5.24 Å². The molecule has 1 aromatic carbocycles. The van der Waals surface area contributed by atoms with Crippen molar-refractivity contribution in [1.82, 2.24) is 0 Å². The summed E-state index contributed by atoms with van der Waals surface area (Å²) in [5.74, 6) is 1.06. The van der Waals surface area contributed by atoms with Gasteiger partial charge in [-0.3, -0.25) is 4.79 Å². The largest absolute Gasteiger partial charge is 0.496 e. The van der Waals surface area contributed by atoms with Gasteiger partial charge in [0.15, 0.2) is 11.5 Å². The minimum Gasteiger partial charge on any atom is -0.496 e. The summed E-state index contributed by atoms with van der Waals surface area (Å²) in [6, 6.07) is 3.23. The Kier molecular flexibility index (Phi) is 3.80. The molecule has 0 aromatic heterocycles. The summed E-state index contributed by atoms with van der Waals surface area (Å²) in [4.78, 5) is 11.2. The smallest absolute Gasteiger partial charge is 0.260 e. The molecule has 1 aromatic rings. The predicted molar refractivity (Wildman–Crippen MR) is 56.3 cm³/mol. The van der Waals surface area contributed by atoms with Crippen LogP contribution < -0.4 is 14.2 Å². The van der Waals surface area contributed by atoms with Crippen LogP contribution in [0.5, 0.6) is 17.2 Å². The maximum atomic E-state index is 11.2. The van der Waals surface area contributed by atoms with E-state index in [9.17, 15) is 4.79 Å². The lowest BCUT2D eigenvalue weighted by Crippen LogP contribution is -2.01. The molecule has 0 saturated carbocycles. The highest BCUT2D eigenvalue weighted by atomic mass is 35.5. The summed E-state index contributed by atoms with van der Waals surface area (Å²) in [6.07, 6.45) is 0. The Morgan fingerprint density at radius 1 is 1.07 bits per heavy atom. The van der Waals surface area contributed by atoms with Gasteiger partial charge in [-0.05, 0) is 23.7 Å². The van der Waals surface area contributed by atoms with Crippen molar-refractivity contribution in [2.45, 2.75) is 0 Å². The zero-order valence-electron chi connectivity index (χ0n) is 8.67. The first-order valence-electron chi connectivity index (χ1n) is 4.14. The number of rotatable bonds is 4. The van der Waals surface area contributed by atoms with Gasteiger partial charge >= 0.3 is 0 Å². The fourth-order valence-corrected chi connectivity index (χ4v) is 1.44. The van der Waals surface area contributed by atoms with Gasteiger partial charge in [0.2, 0.25) is 0 Å². The van der Waals surface area contributed by atoms with Gasteiger partial charge in [-0.15, -0.1) is 0 Å². The van der Waals surface area contributed by atoms with E-state index in [1.807, 2.05) is 0 Å². The van der Waals surface area contributed by atoms with Crippen LogP contribution in [0.2, 0.25) is 0 Å². The maximum Gasteiger partial charge on any atom is 0.260 e. The zero-order chi connectivity index (χ0) is 11.4. The quantitative estimate of drug-likeness (QED) is 0.743. The Morgan fingerprint density at radius 2 is 1.60 bits per heavy atom. The van der Waals surface area contributed by atoms with Crippen molar-refractivity contribution in [3.05, 3.63) is 17.7 Å². The van der Waals surface area contributed by atoms with E-state index in [2.05, 4.69) is 0 Å². The van der Waals surface area contributed by atoms with E-state index in [0.29, 0.717) is 11.5 Å². The topological polar surface area (TPSA) is 44.8 Å². The number of hydrogen-bond acceptors (Lipinski definition) is 4. The molecule has 0 bridgehead atoms. The normalized spacial score (nSPS) is 9.60. The molecule has 1 rings (SSSR count). The van der Waals surface area contributed by atoms with Crippen LogP contribution >= 0.6 is 11.6 Å². The molecule has 15 heavy (non-hydrogen) atoms. The summed E-state index contributed by atoms with van der Waals surface area (Å²) in [5.41, 5.74) is 0.168. The first-order chi connectivity index (χ1) is 7.15. The maximum absolute atomic E-state index is 11.2. The molecule has 0 aliphatic carbocycles. The van der Waals surface area contributed by atoms with Crippen LogP contribution in [-0.2, 0) is 0 Å². The zero-order valence-corrected chi connectivity index (χ0v) is 9.42. The molecule has 4 nitrogen and oxygen atoms in total. The lowest BCUT2D eigenvalue weighted by Gasteiger charge is -2.13. The van der Waals surface area contributed by atoms with Gasteiger partial charge in [-0.1, -0.05) is 0 Å². The number of hydrogen-bond donors (Lipinski definition) is 0. The van der Waals surface area contributed by atoms with Crippen LogP contribution in [0, 0.1) is 0 Å². The molecule has 82 valence electrons. The third-order valence-electron chi connectivity index (χ3n) is 1.92. The van der Waals surface area contributed by atoms with Gasteiger partial charge in [-0.2, -0.15) is 0 Å². The number of benzene rings is 1. The number of halogens is 1. The van der Waals surface area contributed by atoms with E-state index in [1.54, 1.807) is 12.1 Å². The number of methoxy groups -OCH3 is 3. The Bertz CT molecular complexity index is 376. The van der Waals surface area contributed by atoms with Gasteiger partial charge in [0, 0.05) is 0 Å². The average Bonchev–Trinajstić information content (AvgIpc) is 2.26. The first-order valence-corrected chi connectivity index (χ1v) is 4.52. The van der Waals surface area contributed by atoms with Gasteiger partial charge in [0.1, 0.15) is 11.3 Å². The van der Waals surface area contributed by atoms with E-state index in [-0.39, 0.29) is 11.3 Å². The molecule has 0 aliphatic heterocycles. The summed E-state index contributed by atoms with van der Waals surface area (Å²) in [6.45, 7) is 0. The summed E-state index contributed by atoms with van der Waals surface area (Å²) < 4.78 is 15.1. The number of ether oxygens (including phenoxy) is 3. The van der Waals surface area contributed by atoms with Gasteiger partial charge in [0.05, 0.1) is 21.3 Å². The van der Waals surface area contributed by atoms with Crippen LogP contribution in [-0.4, -0.2) is 26.6 Å². The van der Waals surface area contributed by atoms with Crippen molar-refractivity contribution in [3.63, 3.8) is 0 Å². The van der Waals surface area contributed by atoms with Gasteiger partial charge < -0.3 is 14.2 Å². The summed E-state index contributed by atoms with van der Waals surface area (Å²) in [7, 11) is 4.36. The van der Waals surface area contributed by atoms with Crippen molar-refractivity contribution < 1.29 is 19.0 Å². The molecule has 0 spiro atoms. The Hall–Kier alpha value is -1.42. The standard InChI is InChI=1S/C10H11ClO4/c1-13-6-4-5-7(14-2)9(15-3)8(6)10(11)12/h4-5H,1-3H3. The monoisotopic (exact) mass is 230 g/mol. The fourth-order valence-electron chi connectivity index (χ4n) is 1.27. The Labute approximate surface area is 92.7 Å².